The molecule has 0 N–H and O–H groups in total. The number of terminal acetylenes is 1. The Hall–Kier alpha value is -0.590. The molecule has 2 rings (SSSR count). The summed E-state index contributed by atoms with van der Waals surface area (Å²) in [4.78, 5) is 0. The number of hydrogen-bond donors (Lipinski definition) is 0. The predicted molar refractivity (Wildman–Crippen MR) is 73.6 cm³/mol. The first-order valence-electron chi connectivity index (χ1n) is 7.58. The normalized spacial score (nSPS) is 35.8. The van der Waals surface area contributed by atoms with Crippen LogP contribution < -0.4 is 0 Å². The topological polar surface area (TPSA) is 18.5 Å². The van der Waals surface area contributed by atoms with Crippen LogP contribution in [0.2, 0.25) is 0 Å². The summed E-state index contributed by atoms with van der Waals surface area (Å²) in [6.07, 6.45) is 12.9. The summed E-state index contributed by atoms with van der Waals surface area (Å²) < 4.78 is 24.6. The van der Waals surface area contributed by atoms with Gasteiger partial charge in [0.2, 0.25) is 0 Å². The van der Waals surface area contributed by atoms with Gasteiger partial charge in [0, 0.05) is 0 Å². The molecule has 0 aliphatic heterocycles. The van der Waals surface area contributed by atoms with Gasteiger partial charge in [-0.1, -0.05) is 5.92 Å². The molecule has 0 spiro atoms. The molecule has 0 amide bonds. The van der Waals surface area contributed by atoms with Gasteiger partial charge in [0.25, 0.3) is 0 Å². The van der Waals surface area contributed by atoms with Gasteiger partial charge in [-0.15, -0.1) is 6.42 Å². The highest BCUT2D eigenvalue weighted by molar-refractivity contribution is 4.83. The largest absolute Gasteiger partial charge is 0.375 e. The van der Waals surface area contributed by atoms with E-state index in [0.29, 0.717) is 37.6 Å². The molecule has 0 atom stereocenters. The number of rotatable bonds is 5. The molecule has 0 saturated heterocycles. The summed E-state index contributed by atoms with van der Waals surface area (Å²) >= 11 is 0. The minimum Gasteiger partial charge on any atom is -0.375 e. The van der Waals surface area contributed by atoms with Gasteiger partial charge in [0.1, 0.15) is 12.8 Å². The maximum atomic E-state index is 13.1. The summed E-state index contributed by atoms with van der Waals surface area (Å²) in [7, 11) is 0. The fourth-order valence-electron chi connectivity index (χ4n) is 3.15. The molecule has 2 saturated carbocycles. The first kappa shape index (κ1) is 14.8. The average Bonchev–Trinajstić information content (AvgIpc) is 2.44. The zero-order chi connectivity index (χ0) is 13.5. The van der Waals surface area contributed by atoms with Crippen LogP contribution >= 0.6 is 0 Å². The molecular weight excluding hydrogens is 243 g/mol. The molecule has 2 aliphatic carbocycles. The quantitative estimate of drug-likeness (QED) is 0.561. The summed E-state index contributed by atoms with van der Waals surface area (Å²) in [5.41, 5.74) is 0. The maximum absolute atomic E-state index is 13.1. The van der Waals surface area contributed by atoms with Gasteiger partial charge in [-0.3, -0.25) is 0 Å². The zero-order valence-electron chi connectivity index (χ0n) is 11.7. The smallest absolute Gasteiger partial charge is 0.107 e. The molecule has 2 nitrogen and oxygen atoms in total. The van der Waals surface area contributed by atoms with Gasteiger partial charge >= 0.3 is 0 Å². The molecular formula is C16H25FO2. The Balaban J connectivity index is 1.59. The Morgan fingerprint density at radius 1 is 0.947 bits per heavy atom. The lowest BCUT2D eigenvalue weighted by atomic mass is 9.87. The second kappa shape index (κ2) is 7.87. The molecule has 0 unspecified atom stereocenters. The number of hydrogen-bond acceptors (Lipinski definition) is 2. The first-order valence-corrected chi connectivity index (χ1v) is 7.58. The van der Waals surface area contributed by atoms with Crippen molar-refractivity contribution in [3.8, 4) is 12.3 Å². The van der Waals surface area contributed by atoms with E-state index in [1.54, 1.807) is 0 Å². The Morgan fingerprint density at radius 3 is 2.11 bits per heavy atom. The first-order chi connectivity index (χ1) is 9.28. The molecule has 0 heterocycles. The number of ether oxygens (including phenoxy) is 2. The zero-order valence-corrected chi connectivity index (χ0v) is 11.7. The molecule has 0 aromatic rings. The van der Waals surface area contributed by atoms with Crippen LogP contribution in [-0.4, -0.2) is 31.6 Å². The molecule has 2 aliphatic rings. The molecule has 0 aromatic heterocycles. The minimum atomic E-state index is -0.594. The van der Waals surface area contributed by atoms with E-state index in [1.165, 1.54) is 0 Å². The summed E-state index contributed by atoms with van der Waals surface area (Å²) in [5.74, 6) is 3.13. The van der Waals surface area contributed by atoms with Crippen molar-refractivity contribution in [3.05, 3.63) is 0 Å². The van der Waals surface area contributed by atoms with Gasteiger partial charge in [0.05, 0.1) is 18.8 Å². The van der Waals surface area contributed by atoms with Crippen LogP contribution in [0, 0.1) is 18.3 Å². The molecule has 3 heteroatoms. The van der Waals surface area contributed by atoms with Crippen LogP contribution in [0.4, 0.5) is 4.39 Å². The Morgan fingerprint density at radius 2 is 1.53 bits per heavy atom. The molecule has 2 fully saturated rings. The van der Waals surface area contributed by atoms with Crippen molar-refractivity contribution in [2.45, 2.75) is 69.7 Å². The lowest BCUT2D eigenvalue weighted by Gasteiger charge is -2.33. The summed E-state index contributed by atoms with van der Waals surface area (Å²) in [6.45, 7) is 1.20. The van der Waals surface area contributed by atoms with Gasteiger partial charge < -0.3 is 9.47 Å². The van der Waals surface area contributed by atoms with Crippen LogP contribution in [-0.2, 0) is 9.47 Å². The van der Waals surface area contributed by atoms with Crippen molar-refractivity contribution in [2.75, 3.05) is 13.2 Å². The molecule has 0 radical (unpaired) electrons. The summed E-state index contributed by atoms with van der Waals surface area (Å²) in [5, 5.41) is 0. The second-order valence-corrected chi connectivity index (χ2v) is 5.87. The lowest BCUT2D eigenvalue weighted by molar-refractivity contribution is -0.0621. The standard InChI is InChI=1S/C16H25FO2/c1-2-11-18-12-13-3-7-15(8-4-13)19-16-9-5-14(17)6-10-16/h1,13-16H,3-12H2. The summed E-state index contributed by atoms with van der Waals surface area (Å²) in [6, 6.07) is 0. The van der Waals surface area contributed by atoms with Gasteiger partial charge in [0.15, 0.2) is 0 Å². The van der Waals surface area contributed by atoms with Crippen LogP contribution in [0.3, 0.4) is 0 Å². The predicted octanol–water partition coefficient (Wildman–Crippen LogP) is 3.49. The van der Waals surface area contributed by atoms with Crippen molar-refractivity contribution in [3.63, 3.8) is 0 Å². The van der Waals surface area contributed by atoms with Crippen LogP contribution in [0.25, 0.3) is 0 Å². The van der Waals surface area contributed by atoms with E-state index < -0.39 is 6.17 Å². The monoisotopic (exact) mass is 268 g/mol. The van der Waals surface area contributed by atoms with E-state index in [4.69, 9.17) is 15.9 Å². The highest BCUT2D eigenvalue weighted by Gasteiger charge is 2.27. The maximum Gasteiger partial charge on any atom is 0.107 e. The Labute approximate surface area is 116 Å². The van der Waals surface area contributed by atoms with E-state index >= 15 is 0 Å². The third-order valence-electron chi connectivity index (χ3n) is 4.32. The van der Waals surface area contributed by atoms with E-state index in [1.807, 2.05) is 0 Å². The van der Waals surface area contributed by atoms with Crippen molar-refractivity contribution < 1.29 is 13.9 Å². The molecule has 0 aromatic carbocycles. The van der Waals surface area contributed by atoms with E-state index in [2.05, 4.69) is 5.92 Å². The third kappa shape index (κ3) is 5.12. The van der Waals surface area contributed by atoms with Crippen LogP contribution in [0.15, 0.2) is 0 Å². The van der Waals surface area contributed by atoms with Gasteiger partial charge in [-0.2, -0.15) is 0 Å². The van der Waals surface area contributed by atoms with Gasteiger partial charge in [-0.05, 0) is 57.3 Å². The van der Waals surface area contributed by atoms with Crippen molar-refractivity contribution >= 4 is 0 Å². The van der Waals surface area contributed by atoms with Crippen molar-refractivity contribution in [2.24, 2.45) is 5.92 Å². The third-order valence-corrected chi connectivity index (χ3v) is 4.32. The van der Waals surface area contributed by atoms with Crippen molar-refractivity contribution in [1.82, 2.24) is 0 Å². The van der Waals surface area contributed by atoms with Crippen molar-refractivity contribution in [1.29, 1.82) is 0 Å². The molecule has 19 heavy (non-hydrogen) atoms. The number of alkyl halides is 1. The number of halogens is 1. The SMILES string of the molecule is C#CCOCC1CCC(OC2CCC(F)CC2)CC1. The Bertz CT molecular complexity index is 284. The minimum absolute atomic E-state index is 0.297. The molecule has 108 valence electrons. The second-order valence-electron chi connectivity index (χ2n) is 5.87. The fourth-order valence-corrected chi connectivity index (χ4v) is 3.15. The van der Waals surface area contributed by atoms with E-state index in [9.17, 15) is 4.39 Å². The van der Waals surface area contributed by atoms with Crippen LogP contribution in [0.1, 0.15) is 51.4 Å². The lowest BCUT2D eigenvalue weighted by Crippen LogP contribution is -2.30. The highest BCUT2D eigenvalue weighted by Crippen LogP contribution is 2.30. The van der Waals surface area contributed by atoms with Gasteiger partial charge in [-0.25, -0.2) is 4.39 Å². The van der Waals surface area contributed by atoms with Crippen LogP contribution in [0.5, 0.6) is 0 Å². The van der Waals surface area contributed by atoms with E-state index in [-0.39, 0.29) is 0 Å². The fraction of sp³-hybridized carbons (Fsp3) is 0.875. The highest BCUT2D eigenvalue weighted by atomic mass is 19.1. The Kier molecular flexibility index (Phi) is 6.13. The average molecular weight is 268 g/mol. The van der Waals surface area contributed by atoms with E-state index in [0.717, 1.165) is 45.1 Å². The molecule has 0 bridgehead atoms.